The number of carboxylic acids is 1. The molecule has 0 heterocycles. The SMILES string of the molecule is CC1=C(/C=C/C(C)=C\C(=O)O)C(C)(C)CCC1. The average Bonchev–Trinajstić information content (AvgIpc) is 2.14. The third-order valence-corrected chi connectivity index (χ3v) is 3.41. The highest BCUT2D eigenvalue weighted by atomic mass is 16.4. The van der Waals surface area contributed by atoms with Crippen LogP contribution in [0.5, 0.6) is 0 Å². The minimum absolute atomic E-state index is 0.211. The van der Waals surface area contributed by atoms with Crippen molar-refractivity contribution in [3.63, 3.8) is 0 Å². The third-order valence-electron chi connectivity index (χ3n) is 3.41. The van der Waals surface area contributed by atoms with Crippen molar-refractivity contribution in [2.75, 3.05) is 0 Å². The highest BCUT2D eigenvalue weighted by molar-refractivity contribution is 5.81. The second-order valence-corrected chi connectivity index (χ2v) is 5.49. The Balaban J connectivity index is 2.93. The van der Waals surface area contributed by atoms with Crippen molar-refractivity contribution in [3.8, 4) is 0 Å². The van der Waals surface area contributed by atoms with Crippen LogP contribution in [0, 0.1) is 5.41 Å². The molecule has 0 atom stereocenters. The molecular formula is C15H22O2. The van der Waals surface area contributed by atoms with E-state index in [0.29, 0.717) is 0 Å². The Labute approximate surface area is 104 Å². The maximum atomic E-state index is 10.5. The van der Waals surface area contributed by atoms with Gasteiger partial charge >= 0.3 is 5.97 Å². The molecule has 0 amide bonds. The lowest BCUT2D eigenvalue weighted by atomic mass is 9.72. The number of carbonyl (C=O) groups is 1. The zero-order valence-electron chi connectivity index (χ0n) is 11.2. The molecule has 0 aromatic carbocycles. The van der Waals surface area contributed by atoms with E-state index in [1.54, 1.807) is 0 Å². The van der Waals surface area contributed by atoms with Crippen LogP contribution in [0.25, 0.3) is 0 Å². The van der Waals surface area contributed by atoms with Gasteiger partial charge in [0.15, 0.2) is 0 Å². The van der Waals surface area contributed by atoms with Gasteiger partial charge in [0.25, 0.3) is 0 Å². The molecule has 1 aliphatic carbocycles. The molecule has 0 aliphatic heterocycles. The van der Waals surface area contributed by atoms with Gasteiger partial charge in [-0.2, -0.15) is 0 Å². The Morgan fingerprint density at radius 1 is 1.41 bits per heavy atom. The second kappa shape index (κ2) is 5.35. The van der Waals surface area contributed by atoms with E-state index in [-0.39, 0.29) is 5.41 Å². The Kier molecular flexibility index (Phi) is 4.33. The van der Waals surface area contributed by atoms with Gasteiger partial charge in [0.2, 0.25) is 0 Å². The van der Waals surface area contributed by atoms with Gasteiger partial charge in [0.1, 0.15) is 0 Å². The monoisotopic (exact) mass is 234 g/mol. The van der Waals surface area contributed by atoms with Crippen molar-refractivity contribution in [1.29, 1.82) is 0 Å². The van der Waals surface area contributed by atoms with Crippen LogP contribution in [-0.2, 0) is 4.79 Å². The van der Waals surface area contributed by atoms with Gasteiger partial charge in [0, 0.05) is 6.08 Å². The van der Waals surface area contributed by atoms with Crippen molar-refractivity contribution in [2.24, 2.45) is 5.41 Å². The summed E-state index contributed by atoms with van der Waals surface area (Å²) in [5.41, 5.74) is 3.78. The molecule has 0 aromatic heterocycles. The summed E-state index contributed by atoms with van der Waals surface area (Å²) < 4.78 is 0. The summed E-state index contributed by atoms with van der Waals surface area (Å²) in [6.07, 6.45) is 8.84. The van der Waals surface area contributed by atoms with E-state index >= 15 is 0 Å². The molecule has 2 heteroatoms. The number of hydrogen-bond acceptors (Lipinski definition) is 1. The van der Waals surface area contributed by atoms with Crippen LogP contribution >= 0.6 is 0 Å². The number of aliphatic carboxylic acids is 1. The lowest BCUT2D eigenvalue weighted by Gasteiger charge is -2.32. The summed E-state index contributed by atoms with van der Waals surface area (Å²) in [5, 5.41) is 8.65. The smallest absolute Gasteiger partial charge is 0.328 e. The summed E-state index contributed by atoms with van der Waals surface area (Å²) in [5.74, 6) is -0.888. The van der Waals surface area contributed by atoms with Crippen LogP contribution in [0.15, 0.2) is 34.9 Å². The van der Waals surface area contributed by atoms with E-state index in [2.05, 4.69) is 26.8 Å². The molecule has 0 spiro atoms. The van der Waals surface area contributed by atoms with Crippen LogP contribution in [0.3, 0.4) is 0 Å². The molecule has 2 nitrogen and oxygen atoms in total. The van der Waals surface area contributed by atoms with Crippen molar-refractivity contribution < 1.29 is 9.90 Å². The molecule has 0 saturated heterocycles. The van der Waals surface area contributed by atoms with Crippen molar-refractivity contribution >= 4 is 5.97 Å². The van der Waals surface area contributed by atoms with Crippen LogP contribution in [-0.4, -0.2) is 11.1 Å². The standard InChI is InChI=1S/C15H22O2/c1-11(10-14(16)17)7-8-13-12(2)6-5-9-15(13,3)4/h7-8,10H,5-6,9H2,1-4H3,(H,16,17)/b8-7+,11-10-. The van der Waals surface area contributed by atoms with E-state index in [1.165, 1.54) is 30.1 Å². The van der Waals surface area contributed by atoms with Crippen molar-refractivity contribution in [3.05, 3.63) is 34.9 Å². The quantitative estimate of drug-likeness (QED) is 0.589. The largest absolute Gasteiger partial charge is 0.478 e. The normalized spacial score (nSPS) is 21.1. The lowest BCUT2D eigenvalue weighted by molar-refractivity contribution is -0.131. The fourth-order valence-corrected chi connectivity index (χ4v) is 2.47. The fraction of sp³-hybridized carbons (Fsp3) is 0.533. The average molecular weight is 234 g/mol. The van der Waals surface area contributed by atoms with Gasteiger partial charge in [0.05, 0.1) is 0 Å². The molecule has 1 aliphatic rings. The van der Waals surface area contributed by atoms with Gasteiger partial charge in [-0.1, -0.05) is 31.6 Å². The van der Waals surface area contributed by atoms with Gasteiger partial charge < -0.3 is 5.11 Å². The first-order valence-corrected chi connectivity index (χ1v) is 6.12. The Morgan fingerprint density at radius 3 is 2.59 bits per heavy atom. The molecule has 94 valence electrons. The summed E-state index contributed by atoms with van der Waals surface area (Å²) in [7, 11) is 0. The summed E-state index contributed by atoms with van der Waals surface area (Å²) in [6.45, 7) is 8.50. The molecule has 17 heavy (non-hydrogen) atoms. The highest BCUT2D eigenvalue weighted by Gasteiger charge is 2.26. The van der Waals surface area contributed by atoms with Gasteiger partial charge in [-0.05, 0) is 49.7 Å². The van der Waals surface area contributed by atoms with Gasteiger partial charge in [-0.25, -0.2) is 4.79 Å². The van der Waals surface area contributed by atoms with E-state index in [1.807, 2.05) is 13.0 Å². The van der Waals surface area contributed by atoms with E-state index in [4.69, 9.17) is 5.11 Å². The van der Waals surface area contributed by atoms with Gasteiger partial charge in [-0.3, -0.25) is 0 Å². The second-order valence-electron chi connectivity index (χ2n) is 5.49. The fourth-order valence-electron chi connectivity index (χ4n) is 2.47. The van der Waals surface area contributed by atoms with Crippen LogP contribution < -0.4 is 0 Å². The van der Waals surface area contributed by atoms with E-state index in [0.717, 1.165) is 12.0 Å². The van der Waals surface area contributed by atoms with Crippen LogP contribution in [0.2, 0.25) is 0 Å². The van der Waals surface area contributed by atoms with Crippen molar-refractivity contribution in [1.82, 2.24) is 0 Å². The van der Waals surface area contributed by atoms with Crippen LogP contribution in [0.4, 0.5) is 0 Å². The zero-order valence-corrected chi connectivity index (χ0v) is 11.2. The zero-order chi connectivity index (χ0) is 13.1. The predicted molar refractivity (Wildman–Crippen MR) is 70.9 cm³/mol. The summed E-state index contributed by atoms with van der Waals surface area (Å²) in [4.78, 5) is 10.5. The predicted octanol–water partition coefficient (Wildman–Crippen LogP) is 4.10. The Morgan fingerprint density at radius 2 is 2.06 bits per heavy atom. The number of carboxylic acid groups (broad SMARTS) is 1. The first-order chi connectivity index (χ1) is 7.83. The number of rotatable bonds is 3. The molecule has 1 N–H and O–H groups in total. The molecule has 0 saturated carbocycles. The van der Waals surface area contributed by atoms with E-state index in [9.17, 15) is 4.79 Å². The van der Waals surface area contributed by atoms with Gasteiger partial charge in [-0.15, -0.1) is 0 Å². The third kappa shape index (κ3) is 3.88. The molecule has 0 bridgehead atoms. The van der Waals surface area contributed by atoms with E-state index < -0.39 is 5.97 Å². The summed E-state index contributed by atoms with van der Waals surface area (Å²) >= 11 is 0. The van der Waals surface area contributed by atoms with Crippen molar-refractivity contribution in [2.45, 2.75) is 47.0 Å². The molecule has 0 aromatic rings. The number of allylic oxidation sites excluding steroid dienone is 5. The molecule has 0 radical (unpaired) electrons. The minimum Gasteiger partial charge on any atom is -0.478 e. The maximum Gasteiger partial charge on any atom is 0.328 e. The first-order valence-electron chi connectivity index (χ1n) is 6.12. The minimum atomic E-state index is -0.888. The first kappa shape index (κ1) is 13.8. The maximum absolute atomic E-state index is 10.5. The molecule has 0 unspecified atom stereocenters. The number of hydrogen-bond donors (Lipinski definition) is 1. The lowest BCUT2D eigenvalue weighted by Crippen LogP contribution is -2.19. The Hall–Kier alpha value is -1.31. The molecular weight excluding hydrogens is 212 g/mol. The molecule has 0 fully saturated rings. The highest BCUT2D eigenvalue weighted by Crippen LogP contribution is 2.40. The molecule has 1 rings (SSSR count). The topological polar surface area (TPSA) is 37.3 Å². The summed E-state index contributed by atoms with van der Waals surface area (Å²) in [6, 6.07) is 0. The van der Waals surface area contributed by atoms with Crippen LogP contribution in [0.1, 0.15) is 47.0 Å². The Bertz CT molecular complexity index is 395.